The molecule has 0 unspecified atom stereocenters. The van der Waals surface area contributed by atoms with Gasteiger partial charge in [0, 0.05) is 24.7 Å². The summed E-state index contributed by atoms with van der Waals surface area (Å²) in [6, 6.07) is 1.31. The number of rotatable bonds is 4. The molecule has 0 aliphatic heterocycles. The molecule has 0 radical (unpaired) electrons. The van der Waals surface area contributed by atoms with Crippen LogP contribution in [0.2, 0.25) is 0 Å². The predicted molar refractivity (Wildman–Crippen MR) is 82.6 cm³/mol. The van der Waals surface area contributed by atoms with Crippen molar-refractivity contribution >= 4 is 6.03 Å². The highest BCUT2D eigenvalue weighted by Crippen LogP contribution is 2.23. The highest BCUT2D eigenvalue weighted by Gasteiger charge is 2.28. The van der Waals surface area contributed by atoms with Crippen LogP contribution in [0.25, 0.3) is 0 Å². The zero-order valence-electron chi connectivity index (χ0n) is 12.9. The van der Waals surface area contributed by atoms with Crippen molar-refractivity contribution in [3.05, 3.63) is 0 Å². The maximum atomic E-state index is 12.6. The van der Waals surface area contributed by atoms with Crippen molar-refractivity contribution in [2.75, 3.05) is 6.54 Å². The van der Waals surface area contributed by atoms with Crippen LogP contribution in [0.15, 0.2) is 0 Å². The number of urea groups is 1. The summed E-state index contributed by atoms with van der Waals surface area (Å²) in [5.74, 6) is 0. The van der Waals surface area contributed by atoms with Crippen LogP contribution in [-0.2, 0) is 0 Å². The van der Waals surface area contributed by atoms with Crippen molar-refractivity contribution in [3.63, 3.8) is 0 Å². The Kier molecular flexibility index (Phi) is 6.14. The lowest BCUT2D eigenvalue weighted by atomic mass is 9.90. The van der Waals surface area contributed by atoms with Crippen molar-refractivity contribution in [3.8, 4) is 0 Å². The molecule has 0 aromatic heterocycles. The monoisotopic (exact) mass is 281 g/mol. The Balaban J connectivity index is 1.87. The molecule has 2 saturated carbocycles. The first-order chi connectivity index (χ1) is 9.70. The van der Waals surface area contributed by atoms with E-state index in [-0.39, 0.29) is 6.03 Å². The molecule has 0 aromatic carbocycles. The van der Waals surface area contributed by atoms with Gasteiger partial charge in [-0.3, -0.25) is 0 Å². The molecule has 4 heteroatoms. The number of carbonyl (C=O) groups excluding carboxylic acids is 1. The fourth-order valence-corrected chi connectivity index (χ4v) is 3.61. The van der Waals surface area contributed by atoms with Gasteiger partial charge in [0.05, 0.1) is 0 Å². The van der Waals surface area contributed by atoms with Crippen LogP contribution in [0, 0.1) is 0 Å². The van der Waals surface area contributed by atoms with Crippen LogP contribution in [-0.4, -0.2) is 35.6 Å². The van der Waals surface area contributed by atoms with E-state index in [1.54, 1.807) is 0 Å². The van der Waals surface area contributed by atoms with Gasteiger partial charge in [-0.25, -0.2) is 4.79 Å². The highest BCUT2D eigenvalue weighted by molar-refractivity contribution is 5.75. The Morgan fingerprint density at radius 3 is 2.35 bits per heavy atom. The molecule has 2 amide bonds. The van der Waals surface area contributed by atoms with Crippen LogP contribution in [0.5, 0.6) is 0 Å². The second kappa shape index (κ2) is 7.87. The van der Waals surface area contributed by atoms with Crippen LogP contribution >= 0.6 is 0 Å². The minimum Gasteiger partial charge on any atom is -0.335 e. The smallest absolute Gasteiger partial charge is 0.317 e. The fraction of sp³-hybridized carbons (Fsp3) is 0.938. The molecule has 0 atom stereocenters. The Morgan fingerprint density at radius 1 is 1.10 bits per heavy atom. The molecule has 0 bridgehead atoms. The number of nitrogens with one attached hydrogen (secondary N) is 1. The van der Waals surface area contributed by atoms with Gasteiger partial charge in [0.1, 0.15) is 0 Å². The molecule has 20 heavy (non-hydrogen) atoms. The van der Waals surface area contributed by atoms with E-state index < -0.39 is 0 Å². The van der Waals surface area contributed by atoms with Crippen molar-refractivity contribution in [1.82, 2.24) is 10.2 Å². The fourth-order valence-electron chi connectivity index (χ4n) is 3.61. The molecule has 0 aromatic rings. The lowest BCUT2D eigenvalue weighted by molar-refractivity contribution is 0.146. The van der Waals surface area contributed by atoms with Crippen LogP contribution in [0.1, 0.15) is 71.1 Å². The van der Waals surface area contributed by atoms with E-state index in [2.05, 4.69) is 17.1 Å². The Hall–Kier alpha value is -0.770. The van der Waals surface area contributed by atoms with Crippen molar-refractivity contribution in [2.24, 2.45) is 5.73 Å². The average molecular weight is 281 g/mol. The molecule has 0 heterocycles. The third-order valence-corrected chi connectivity index (χ3v) is 4.84. The molecule has 2 fully saturated rings. The predicted octanol–water partition coefficient (Wildman–Crippen LogP) is 3.01. The zero-order valence-corrected chi connectivity index (χ0v) is 12.9. The van der Waals surface area contributed by atoms with Gasteiger partial charge in [-0.2, -0.15) is 0 Å². The third kappa shape index (κ3) is 4.37. The first kappa shape index (κ1) is 15.6. The topological polar surface area (TPSA) is 58.4 Å². The number of carbonyl (C=O) groups is 1. The summed E-state index contributed by atoms with van der Waals surface area (Å²) >= 11 is 0. The summed E-state index contributed by atoms with van der Waals surface area (Å²) in [5, 5.41) is 3.27. The molecule has 2 rings (SSSR count). The van der Waals surface area contributed by atoms with E-state index in [4.69, 9.17) is 5.73 Å². The van der Waals surface area contributed by atoms with Crippen LogP contribution < -0.4 is 11.1 Å². The minimum absolute atomic E-state index is 0.166. The maximum absolute atomic E-state index is 12.6. The quantitative estimate of drug-likeness (QED) is 0.832. The van der Waals surface area contributed by atoms with Crippen molar-refractivity contribution in [1.29, 1.82) is 0 Å². The first-order valence-corrected chi connectivity index (χ1v) is 8.53. The summed E-state index contributed by atoms with van der Waals surface area (Å²) in [7, 11) is 0. The number of hydrogen-bond donors (Lipinski definition) is 2. The summed E-state index contributed by atoms with van der Waals surface area (Å²) in [6.45, 7) is 3.02. The molecule has 2 aliphatic carbocycles. The van der Waals surface area contributed by atoms with Crippen molar-refractivity contribution < 1.29 is 4.79 Å². The van der Waals surface area contributed by atoms with E-state index in [1.807, 2.05) is 0 Å². The van der Waals surface area contributed by atoms with Gasteiger partial charge in [0.25, 0.3) is 0 Å². The number of hydrogen-bond acceptors (Lipinski definition) is 2. The molecule has 116 valence electrons. The molecule has 0 spiro atoms. The van der Waals surface area contributed by atoms with Crippen molar-refractivity contribution in [2.45, 2.75) is 89.3 Å². The summed E-state index contributed by atoms with van der Waals surface area (Å²) in [6.07, 6.45) is 11.4. The van der Waals surface area contributed by atoms with Crippen LogP contribution in [0.4, 0.5) is 4.79 Å². The Bertz CT molecular complexity index is 294. The summed E-state index contributed by atoms with van der Waals surface area (Å²) in [5.41, 5.74) is 5.98. The number of amides is 2. The van der Waals surface area contributed by atoms with Gasteiger partial charge in [0.15, 0.2) is 0 Å². The molecular weight excluding hydrogens is 250 g/mol. The maximum Gasteiger partial charge on any atom is 0.317 e. The van der Waals surface area contributed by atoms with Gasteiger partial charge in [-0.15, -0.1) is 0 Å². The summed E-state index contributed by atoms with van der Waals surface area (Å²) in [4.78, 5) is 14.6. The number of nitrogens with zero attached hydrogens (tertiary/aromatic N) is 1. The molecular formula is C16H31N3O. The standard InChI is InChI=1S/C16H31N3O/c1-2-12-19(15-10-8-13(17)9-11-15)16(20)18-14-6-4-3-5-7-14/h13-15H,2-12,17H2,1H3,(H,18,20). The van der Waals surface area contributed by atoms with E-state index >= 15 is 0 Å². The number of nitrogens with two attached hydrogens (primary N) is 1. The van der Waals surface area contributed by atoms with E-state index in [0.717, 1.165) is 51.5 Å². The van der Waals surface area contributed by atoms with Gasteiger partial charge >= 0.3 is 6.03 Å². The lowest BCUT2D eigenvalue weighted by Gasteiger charge is -2.37. The summed E-state index contributed by atoms with van der Waals surface area (Å²) < 4.78 is 0. The van der Waals surface area contributed by atoms with Gasteiger partial charge in [-0.1, -0.05) is 26.2 Å². The molecule has 2 aliphatic rings. The van der Waals surface area contributed by atoms with Gasteiger partial charge in [-0.05, 0) is 44.9 Å². The Labute approximate surface area is 123 Å². The van der Waals surface area contributed by atoms with Gasteiger partial charge in [0.2, 0.25) is 0 Å². The third-order valence-electron chi connectivity index (χ3n) is 4.84. The van der Waals surface area contributed by atoms with E-state index in [1.165, 1.54) is 19.3 Å². The molecule has 3 N–H and O–H groups in total. The molecule has 0 saturated heterocycles. The largest absolute Gasteiger partial charge is 0.335 e. The van der Waals surface area contributed by atoms with E-state index in [9.17, 15) is 4.79 Å². The second-order valence-electron chi connectivity index (χ2n) is 6.55. The Morgan fingerprint density at radius 2 is 1.75 bits per heavy atom. The normalized spacial score (nSPS) is 28.1. The molecule has 4 nitrogen and oxygen atoms in total. The van der Waals surface area contributed by atoms with Crippen LogP contribution in [0.3, 0.4) is 0 Å². The second-order valence-corrected chi connectivity index (χ2v) is 6.55. The minimum atomic E-state index is 0.166. The van der Waals surface area contributed by atoms with E-state index in [0.29, 0.717) is 18.1 Å². The SMILES string of the molecule is CCCN(C(=O)NC1CCCCC1)C1CCC(N)CC1. The first-order valence-electron chi connectivity index (χ1n) is 8.53. The van der Waals surface area contributed by atoms with Gasteiger partial charge < -0.3 is 16.0 Å². The lowest BCUT2D eigenvalue weighted by Crippen LogP contribution is -2.51. The highest BCUT2D eigenvalue weighted by atomic mass is 16.2. The zero-order chi connectivity index (χ0) is 14.4. The average Bonchev–Trinajstić information content (AvgIpc) is 2.47.